The van der Waals surface area contributed by atoms with E-state index in [2.05, 4.69) is 23.6 Å². The number of rotatable bonds is 7. The average molecular weight is 443 g/mol. The third-order valence-corrected chi connectivity index (χ3v) is 6.35. The van der Waals surface area contributed by atoms with Crippen molar-refractivity contribution in [1.29, 1.82) is 0 Å². The fraction of sp³-hybridized carbons (Fsp3) is 0.259. The number of carbonyl (C=O) groups excluding carboxylic acids is 1. The lowest BCUT2D eigenvalue weighted by Crippen LogP contribution is -2.21. The van der Waals surface area contributed by atoms with Gasteiger partial charge in [0.05, 0.1) is 16.8 Å². The van der Waals surface area contributed by atoms with Crippen molar-refractivity contribution in [2.24, 2.45) is 12.8 Å². The van der Waals surface area contributed by atoms with Gasteiger partial charge in [0.2, 0.25) is 0 Å². The minimum absolute atomic E-state index is 0.155. The van der Waals surface area contributed by atoms with Gasteiger partial charge in [0.15, 0.2) is 0 Å². The van der Waals surface area contributed by atoms with Crippen LogP contribution in [0, 0.1) is 13.8 Å². The first kappa shape index (κ1) is 22.4. The van der Waals surface area contributed by atoms with Crippen LogP contribution in [0.2, 0.25) is 0 Å². The lowest BCUT2D eigenvalue weighted by molar-refractivity contribution is 0.1000. The molecule has 0 radical (unpaired) electrons. The van der Waals surface area contributed by atoms with Crippen molar-refractivity contribution in [2.45, 2.75) is 40.2 Å². The fourth-order valence-electron chi connectivity index (χ4n) is 4.70. The standard InChI is InChI=1S/C27H30N4O2/c1-5-12-22-25(23(26(28)32)19(3)30(22)17-20-13-8-6-9-14-20)24-18(2)29(4)31(27(24)33)21-15-10-7-11-16-21/h6-11,13-16H,5,12,17H2,1-4H3,(H2,28,32). The second kappa shape index (κ2) is 8.98. The van der Waals surface area contributed by atoms with Crippen molar-refractivity contribution in [3.8, 4) is 16.8 Å². The molecule has 0 aliphatic heterocycles. The highest BCUT2D eigenvalue weighted by Crippen LogP contribution is 2.35. The monoisotopic (exact) mass is 442 g/mol. The number of amides is 1. The van der Waals surface area contributed by atoms with Gasteiger partial charge in [0.25, 0.3) is 11.5 Å². The summed E-state index contributed by atoms with van der Waals surface area (Å²) in [5, 5.41) is 0. The van der Waals surface area contributed by atoms with E-state index in [9.17, 15) is 9.59 Å². The van der Waals surface area contributed by atoms with Crippen LogP contribution in [0.4, 0.5) is 0 Å². The zero-order valence-electron chi connectivity index (χ0n) is 19.6. The zero-order valence-corrected chi connectivity index (χ0v) is 19.6. The van der Waals surface area contributed by atoms with Crippen LogP contribution < -0.4 is 11.3 Å². The summed E-state index contributed by atoms with van der Waals surface area (Å²) < 4.78 is 5.64. The molecule has 6 nitrogen and oxygen atoms in total. The molecule has 0 aliphatic rings. The van der Waals surface area contributed by atoms with Gasteiger partial charge in [-0.25, -0.2) is 4.68 Å². The third-order valence-electron chi connectivity index (χ3n) is 6.35. The maximum Gasteiger partial charge on any atom is 0.279 e. The second-order valence-electron chi connectivity index (χ2n) is 8.40. The Morgan fingerprint density at radius 3 is 2.09 bits per heavy atom. The molecule has 0 spiro atoms. The summed E-state index contributed by atoms with van der Waals surface area (Å²) in [7, 11) is 1.87. The van der Waals surface area contributed by atoms with Gasteiger partial charge in [-0.2, -0.15) is 0 Å². The minimum Gasteiger partial charge on any atom is -0.366 e. The van der Waals surface area contributed by atoms with Gasteiger partial charge in [-0.15, -0.1) is 0 Å². The van der Waals surface area contributed by atoms with Crippen LogP contribution in [0.25, 0.3) is 16.8 Å². The van der Waals surface area contributed by atoms with E-state index in [4.69, 9.17) is 5.73 Å². The van der Waals surface area contributed by atoms with Gasteiger partial charge >= 0.3 is 0 Å². The number of hydrogen-bond donors (Lipinski definition) is 1. The summed E-state index contributed by atoms with van der Waals surface area (Å²) in [5.41, 5.74) is 11.9. The summed E-state index contributed by atoms with van der Waals surface area (Å²) in [6.07, 6.45) is 1.61. The number of hydrogen-bond acceptors (Lipinski definition) is 2. The SMILES string of the molecule is CCCc1c(-c2c(C)n(C)n(-c3ccccc3)c2=O)c(C(N)=O)c(C)n1Cc1ccccc1. The molecule has 2 aromatic heterocycles. The molecule has 2 N–H and O–H groups in total. The highest BCUT2D eigenvalue weighted by Gasteiger charge is 2.29. The Labute approximate surface area is 193 Å². The fourth-order valence-corrected chi connectivity index (χ4v) is 4.70. The van der Waals surface area contributed by atoms with Crippen molar-refractivity contribution in [3.63, 3.8) is 0 Å². The zero-order chi connectivity index (χ0) is 23.7. The number of aromatic nitrogens is 3. The third kappa shape index (κ3) is 3.82. The molecule has 6 heteroatoms. The maximum absolute atomic E-state index is 13.8. The number of primary amides is 1. The Bertz CT molecular complexity index is 1360. The molecule has 0 fully saturated rings. The average Bonchev–Trinajstić information content (AvgIpc) is 3.19. The first-order valence-electron chi connectivity index (χ1n) is 11.3. The van der Waals surface area contributed by atoms with Crippen LogP contribution in [0.3, 0.4) is 0 Å². The molecule has 4 aromatic rings. The summed E-state index contributed by atoms with van der Waals surface area (Å²) in [5.74, 6) is -0.513. The normalized spacial score (nSPS) is 11.2. The molecule has 33 heavy (non-hydrogen) atoms. The molecule has 1 amide bonds. The number of nitrogens with zero attached hydrogens (tertiary/aromatic N) is 3. The van der Waals surface area contributed by atoms with E-state index in [1.807, 2.05) is 74.1 Å². The van der Waals surface area contributed by atoms with E-state index in [0.29, 0.717) is 23.2 Å². The summed E-state index contributed by atoms with van der Waals surface area (Å²) in [6, 6.07) is 19.7. The summed E-state index contributed by atoms with van der Waals surface area (Å²) >= 11 is 0. The molecule has 2 aromatic carbocycles. The van der Waals surface area contributed by atoms with E-state index in [0.717, 1.165) is 41.2 Å². The Hall–Kier alpha value is -3.80. The number of benzene rings is 2. The van der Waals surface area contributed by atoms with Crippen LogP contribution in [-0.2, 0) is 20.0 Å². The quantitative estimate of drug-likeness (QED) is 0.462. The Balaban J connectivity index is 2.03. The molecule has 170 valence electrons. The van der Waals surface area contributed by atoms with Crippen LogP contribution in [0.15, 0.2) is 65.5 Å². The lowest BCUT2D eigenvalue weighted by atomic mass is 9.98. The van der Waals surface area contributed by atoms with Gasteiger partial charge in [0.1, 0.15) is 0 Å². The van der Waals surface area contributed by atoms with Crippen molar-refractivity contribution in [2.75, 3.05) is 0 Å². The van der Waals surface area contributed by atoms with Crippen LogP contribution >= 0.6 is 0 Å². The predicted octanol–water partition coefficient (Wildman–Crippen LogP) is 4.36. The highest BCUT2D eigenvalue weighted by molar-refractivity contribution is 6.02. The van der Waals surface area contributed by atoms with E-state index in [1.165, 1.54) is 0 Å². The van der Waals surface area contributed by atoms with E-state index in [-0.39, 0.29) is 5.56 Å². The molecule has 0 atom stereocenters. The van der Waals surface area contributed by atoms with Crippen molar-refractivity contribution in [3.05, 3.63) is 99.2 Å². The first-order valence-corrected chi connectivity index (χ1v) is 11.3. The van der Waals surface area contributed by atoms with Gasteiger partial charge in [-0.05, 0) is 38.0 Å². The Kier molecular flexibility index (Phi) is 6.09. The lowest BCUT2D eigenvalue weighted by Gasteiger charge is -2.13. The summed E-state index contributed by atoms with van der Waals surface area (Å²) in [6.45, 7) is 6.55. The smallest absolute Gasteiger partial charge is 0.279 e. The molecule has 0 saturated carbocycles. The van der Waals surface area contributed by atoms with Crippen LogP contribution in [0.1, 0.15) is 46.3 Å². The van der Waals surface area contributed by atoms with Gasteiger partial charge in [-0.3, -0.25) is 14.3 Å². The van der Waals surface area contributed by atoms with Crippen molar-refractivity contribution >= 4 is 5.91 Å². The van der Waals surface area contributed by atoms with Crippen LogP contribution in [0.5, 0.6) is 0 Å². The number of para-hydroxylation sites is 1. The predicted molar refractivity (Wildman–Crippen MR) is 132 cm³/mol. The van der Waals surface area contributed by atoms with Gasteiger partial charge < -0.3 is 10.3 Å². The first-order chi connectivity index (χ1) is 15.9. The Morgan fingerprint density at radius 2 is 1.52 bits per heavy atom. The molecular weight excluding hydrogens is 412 g/mol. The van der Waals surface area contributed by atoms with Gasteiger partial charge in [0, 0.05) is 36.2 Å². The number of carbonyl (C=O) groups is 1. The minimum atomic E-state index is -0.513. The molecule has 0 bridgehead atoms. The highest BCUT2D eigenvalue weighted by atomic mass is 16.1. The van der Waals surface area contributed by atoms with Crippen molar-refractivity contribution < 1.29 is 4.79 Å². The molecule has 0 unspecified atom stereocenters. The van der Waals surface area contributed by atoms with E-state index in [1.54, 1.807) is 4.68 Å². The van der Waals surface area contributed by atoms with Crippen LogP contribution in [-0.4, -0.2) is 19.8 Å². The molecule has 2 heterocycles. The Morgan fingerprint density at radius 1 is 0.909 bits per heavy atom. The molecule has 0 aliphatic carbocycles. The summed E-state index contributed by atoms with van der Waals surface area (Å²) in [4.78, 5) is 26.5. The van der Waals surface area contributed by atoms with Gasteiger partial charge in [-0.1, -0.05) is 61.9 Å². The largest absolute Gasteiger partial charge is 0.366 e. The second-order valence-corrected chi connectivity index (χ2v) is 8.40. The van der Waals surface area contributed by atoms with E-state index >= 15 is 0 Å². The molecule has 0 saturated heterocycles. The topological polar surface area (TPSA) is 75.0 Å². The van der Waals surface area contributed by atoms with E-state index < -0.39 is 5.91 Å². The molecular formula is C27H30N4O2. The number of nitrogens with two attached hydrogens (primary N) is 1. The maximum atomic E-state index is 13.8. The van der Waals surface area contributed by atoms with Crippen molar-refractivity contribution in [1.82, 2.24) is 13.9 Å². The molecule has 4 rings (SSSR count).